The van der Waals surface area contributed by atoms with E-state index in [2.05, 4.69) is 48.8 Å². The van der Waals surface area contributed by atoms with Crippen LogP contribution in [0.2, 0.25) is 5.02 Å². The van der Waals surface area contributed by atoms with Crippen molar-refractivity contribution >= 4 is 52.2 Å². The Morgan fingerprint density at radius 3 is 2.57 bits per heavy atom. The number of nitrogens with two attached hydrogens (primary N) is 2. The molecule has 0 amide bonds. The Morgan fingerprint density at radius 2 is 1.86 bits per heavy atom. The van der Waals surface area contributed by atoms with E-state index < -0.39 is 11.4 Å². The summed E-state index contributed by atoms with van der Waals surface area (Å²) in [5, 5.41) is 0.954. The zero-order valence-corrected chi connectivity index (χ0v) is 23.6. The largest absolute Gasteiger partial charge is 0.598 e. The number of benzene rings is 1. The smallest absolute Gasteiger partial charge is 0.158 e. The van der Waals surface area contributed by atoms with Crippen LogP contribution in [0.4, 0.5) is 17.5 Å². The molecule has 8 nitrogen and oxygen atoms in total. The SMILES string of the molecule is CC(C)(C)[S+]([O-])N[C@@H]1Cc2ccccc2C12CCN(c1cnc(Sc3ccnc(N)c3Cl)c(N)n1)CC2. The van der Waals surface area contributed by atoms with E-state index in [0.717, 1.165) is 43.1 Å². The zero-order chi connectivity index (χ0) is 26.4. The number of nitrogens with one attached hydrogen (secondary N) is 1. The maximum atomic E-state index is 13.1. The Labute approximate surface area is 230 Å². The minimum absolute atomic E-state index is 0.0687. The van der Waals surface area contributed by atoms with Crippen LogP contribution in [0.3, 0.4) is 0 Å². The van der Waals surface area contributed by atoms with Gasteiger partial charge in [0.1, 0.15) is 21.4 Å². The molecule has 1 aliphatic heterocycles. The van der Waals surface area contributed by atoms with Crippen LogP contribution < -0.4 is 21.1 Å². The summed E-state index contributed by atoms with van der Waals surface area (Å²) >= 11 is 6.46. The van der Waals surface area contributed by atoms with Crippen LogP contribution in [0.1, 0.15) is 44.7 Å². The molecule has 2 aromatic heterocycles. The molecule has 0 radical (unpaired) electrons. The first-order chi connectivity index (χ1) is 17.6. The fraction of sp³-hybridized carbons (Fsp3) is 0.423. The first-order valence-corrected chi connectivity index (χ1v) is 14.6. The average Bonchev–Trinajstić information content (AvgIpc) is 3.15. The Bertz CT molecular complexity index is 1290. The molecule has 0 saturated carbocycles. The van der Waals surface area contributed by atoms with Gasteiger partial charge in [-0.3, -0.25) is 0 Å². The summed E-state index contributed by atoms with van der Waals surface area (Å²) in [7, 11) is 0. The molecule has 1 aliphatic carbocycles. The summed E-state index contributed by atoms with van der Waals surface area (Å²) in [4.78, 5) is 16.2. The zero-order valence-electron chi connectivity index (χ0n) is 21.2. The predicted octanol–water partition coefficient (Wildman–Crippen LogP) is 4.36. The van der Waals surface area contributed by atoms with E-state index in [9.17, 15) is 4.55 Å². The first-order valence-electron chi connectivity index (χ1n) is 12.3. The van der Waals surface area contributed by atoms with Crippen molar-refractivity contribution in [3.05, 3.63) is 58.9 Å². The summed E-state index contributed by atoms with van der Waals surface area (Å²) in [5.74, 6) is 1.37. The van der Waals surface area contributed by atoms with Crippen molar-refractivity contribution < 1.29 is 4.55 Å². The fourth-order valence-corrected chi connectivity index (χ4v) is 7.17. The molecule has 1 saturated heterocycles. The molecule has 1 unspecified atom stereocenters. The maximum Gasteiger partial charge on any atom is 0.158 e. The summed E-state index contributed by atoms with van der Waals surface area (Å²) < 4.78 is 16.2. The van der Waals surface area contributed by atoms with E-state index in [1.165, 1.54) is 22.9 Å². The third-order valence-electron chi connectivity index (χ3n) is 7.27. The van der Waals surface area contributed by atoms with Gasteiger partial charge < -0.3 is 20.9 Å². The number of hydrogen-bond acceptors (Lipinski definition) is 9. The maximum absolute atomic E-state index is 13.1. The standard InChI is InChI=1S/C26H32ClN7OS2/c1-25(2,3)37(35)33-19-14-16-6-4-5-7-17(16)26(19)9-12-34(13-10-26)20-15-31-24(23(29)32-20)36-18-8-11-30-22(28)21(18)27/h4-8,11,15,19,33H,9-10,12-14H2,1-3H3,(H2,28,30)(H2,29,32)/t19-,37?/m1/s1. The molecule has 0 bridgehead atoms. The lowest BCUT2D eigenvalue weighted by atomic mass is 9.71. The summed E-state index contributed by atoms with van der Waals surface area (Å²) in [6.45, 7) is 7.65. The monoisotopic (exact) mass is 557 g/mol. The molecule has 1 spiro atoms. The van der Waals surface area contributed by atoms with Crippen molar-refractivity contribution in [3.63, 3.8) is 0 Å². The number of piperidine rings is 1. The van der Waals surface area contributed by atoms with Crippen molar-refractivity contribution in [1.29, 1.82) is 0 Å². The molecule has 2 atom stereocenters. The van der Waals surface area contributed by atoms with E-state index in [1.807, 2.05) is 20.8 Å². The number of pyridine rings is 1. The molecule has 5 N–H and O–H groups in total. The second kappa shape index (κ2) is 10.1. The van der Waals surface area contributed by atoms with Gasteiger partial charge in [-0.25, -0.2) is 15.0 Å². The molecule has 5 rings (SSSR count). The van der Waals surface area contributed by atoms with Gasteiger partial charge in [-0.05, 0) is 57.2 Å². The van der Waals surface area contributed by atoms with Gasteiger partial charge in [0, 0.05) is 41.0 Å². The van der Waals surface area contributed by atoms with Crippen LogP contribution in [0.25, 0.3) is 0 Å². The van der Waals surface area contributed by atoms with Crippen molar-refractivity contribution in [2.24, 2.45) is 0 Å². The van der Waals surface area contributed by atoms with Gasteiger partial charge in [-0.2, -0.15) is 0 Å². The third kappa shape index (κ3) is 5.09. The first kappa shape index (κ1) is 26.4. The van der Waals surface area contributed by atoms with Crippen LogP contribution in [0.15, 0.2) is 52.6 Å². The Balaban J connectivity index is 1.34. The Kier molecular flexibility index (Phi) is 7.23. The second-order valence-corrected chi connectivity index (χ2v) is 14.0. The number of halogens is 1. The number of nitrogens with zero attached hydrogens (tertiary/aromatic N) is 4. The summed E-state index contributed by atoms with van der Waals surface area (Å²) in [6.07, 6.45) is 6.10. The van der Waals surface area contributed by atoms with E-state index in [4.69, 9.17) is 23.1 Å². The molecule has 3 aromatic rings. The number of anilines is 3. The third-order valence-corrected chi connectivity index (χ3v) is 10.5. The van der Waals surface area contributed by atoms with Crippen LogP contribution in [0.5, 0.6) is 0 Å². The van der Waals surface area contributed by atoms with Gasteiger partial charge in [0.15, 0.2) is 5.82 Å². The molecule has 11 heteroatoms. The van der Waals surface area contributed by atoms with E-state index in [1.54, 1.807) is 18.5 Å². The lowest BCUT2D eigenvalue weighted by Gasteiger charge is -2.44. The van der Waals surface area contributed by atoms with Crippen molar-refractivity contribution in [2.75, 3.05) is 29.5 Å². The van der Waals surface area contributed by atoms with E-state index in [-0.39, 0.29) is 22.0 Å². The van der Waals surface area contributed by atoms with Crippen molar-refractivity contribution in [2.45, 2.75) is 66.2 Å². The molecule has 3 heterocycles. The Morgan fingerprint density at radius 1 is 1.14 bits per heavy atom. The summed E-state index contributed by atoms with van der Waals surface area (Å²) in [6, 6.07) is 10.6. The molecule has 1 fully saturated rings. The quantitative estimate of drug-likeness (QED) is 0.392. The molecule has 37 heavy (non-hydrogen) atoms. The number of nitrogen functional groups attached to an aromatic ring is 2. The van der Waals surface area contributed by atoms with Crippen molar-refractivity contribution in [1.82, 2.24) is 19.7 Å². The van der Waals surface area contributed by atoms with Crippen LogP contribution in [0, 0.1) is 0 Å². The lowest BCUT2D eigenvalue weighted by Crippen LogP contribution is -2.56. The molecule has 2 aliphatic rings. The van der Waals surface area contributed by atoms with Crippen LogP contribution >= 0.6 is 23.4 Å². The predicted molar refractivity (Wildman–Crippen MR) is 152 cm³/mol. The highest BCUT2D eigenvalue weighted by Gasteiger charge is 2.51. The summed E-state index contributed by atoms with van der Waals surface area (Å²) in [5.41, 5.74) is 14.8. The van der Waals surface area contributed by atoms with Crippen LogP contribution in [-0.4, -0.2) is 43.4 Å². The fourth-order valence-electron chi connectivity index (χ4n) is 5.24. The number of fused-ring (bicyclic) bond motifs is 2. The van der Waals surface area contributed by atoms with Gasteiger partial charge in [0.25, 0.3) is 0 Å². The molecule has 1 aromatic carbocycles. The van der Waals surface area contributed by atoms with Gasteiger partial charge in [-0.1, -0.05) is 47.6 Å². The topological polar surface area (TPSA) is 129 Å². The van der Waals surface area contributed by atoms with Gasteiger partial charge in [0.2, 0.25) is 0 Å². The van der Waals surface area contributed by atoms with Crippen molar-refractivity contribution in [3.8, 4) is 0 Å². The van der Waals surface area contributed by atoms with Gasteiger partial charge >= 0.3 is 0 Å². The number of rotatable bonds is 5. The minimum Gasteiger partial charge on any atom is -0.598 e. The normalized spacial score (nSPS) is 19.7. The Hall–Kier alpha value is -2.24. The van der Waals surface area contributed by atoms with Crippen LogP contribution in [-0.2, 0) is 23.2 Å². The van der Waals surface area contributed by atoms with E-state index in [0.29, 0.717) is 15.9 Å². The minimum atomic E-state index is -1.14. The highest BCUT2D eigenvalue weighted by atomic mass is 35.5. The van der Waals surface area contributed by atoms with Gasteiger partial charge in [0.05, 0.1) is 17.3 Å². The highest BCUT2D eigenvalue weighted by molar-refractivity contribution is 7.99. The van der Waals surface area contributed by atoms with E-state index >= 15 is 0 Å². The molecule has 196 valence electrons. The second-order valence-electron chi connectivity index (χ2n) is 10.6. The highest BCUT2D eigenvalue weighted by Crippen LogP contribution is 2.47. The van der Waals surface area contributed by atoms with Gasteiger partial charge in [-0.15, -0.1) is 4.72 Å². The number of hydrogen-bond donors (Lipinski definition) is 3. The average molecular weight is 558 g/mol. The molecular formula is C26H32ClN7OS2. The molecular weight excluding hydrogens is 526 g/mol. The number of aromatic nitrogens is 3. The lowest BCUT2D eigenvalue weighted by molar-refractivity contribution is 0.276.